The number of non-ortho nitro benzene ring substituents is 1. The maximum absolute atomic E-state index is 10.8. The number of carboxylic acids is 1. The number of benzene rings is 1. The smallest absolute Gasteiger partial charge is 0.310 e. The van der Waals surface area contributed by atoms with Gasteiger partial charge in [-0.3, -0.25) is 14.9 Å². The van der Waals surface area contributed by atoms with Crippen molar-refractivity contribution < 1.29 is 19.6 Å². The Hall–Kier alpha value is -2.11. The molecule has 0 bridgehead atoms. The Morgan fingerprint density at radius 2 is 2.19 bits per heavy atom. The van der Waals surface area contributed by atoms with Crippen molar-refractivity contribution in [3.63, 3.8) is 0 Å². The normalized spacial score (nSPS) is 11.9. The molecular formula is C10H11NO5. The van der Waals surface area contributed by atoms with Gasteiger partial charge in [-0.2, -0.15) is 0 Å². The van der Waals surface area contributed by atoms with Crippen LogP contribution in [0.3, 0.4) is 0 Å². The predicted molar refractivity (Wildman–Crippen MR) is 55.7 cm³/mol. The summed E-state index contributed by atoms with van der Waals surface area (Å²) >= 11 is 0. The molecule has 1 aromatic rings. The van der Waals surface area contributed by atoms with E-state index in [0.717, 1.165) is 0 Å². The maximum Gasteiger partial charge on any atom is 0.310 e. The second kappa shape index (κ2) is 4.61. The van der Waals surface area contributed by atoms with Gasteiger partial charge in [-0.1, -0.05) is 0 Å². The summed E-state index contributed by atoms with van der Waals surface area (Å²) < 4.78 is 4.97. The average Bonchev–Trinajstić information content (AvgIpc) is 2.26. The number of hydrogen-bond donors (Lipinski definition) is 1. The monoisotopic (exact) mass is 225 g/mol. The first-order valence-corrected chi connectivity index (χ1v) is 4.52. The van der Waals surface area contributed by atoms with Crippen molar-refractivity contribution in [2.45, 2.75) is 12.8 Å². The molecule has 16 heavy (non-hydrogen) atoms. The summed E-state index contributed by atoms with van der Waals surface area (Å²) in [5, 5.41) is 19.4. The largest absolute Gasteiger partial charge is 0.496 e. The van der Waals surface area contributed by atoms with Crippen LogP contribution in [0.25, 0.3) is 0 Å². The van der Waals surface area contributed by atoms with Crippen molar-refractivity contribution >= 4 is 11.7 Å². The number of ether oxygens (including phenoxy) is 1. The van der Waals surface area contributed by atoms with E-state index < -0.39 is 16.8 Å². The summed E-state index contributed by atoms with van der Waals surface area (Å²) in [5.41, 5.74) is 0.146. The fourth-order valence-corrected chi connectivity index (χ4v) is 1.31. The molecule has 0 saturated heterocycles. The van der Waals surface area contributed by atoms with Crippen molar-refractivity contribution in [1.29, 1.82) is 0 Å². The van der Waals surface area contributed by atoms with Crippen molar-refractivity contribution in [3.05, 3.63) is 33.9 Å². The second-order valence-electron chi connectivity index (χ2n) is 3.24. The molecular weight excluding hydrogens is 214 g/mol. The summed E-state index contributed by atoms with van der Waals surface area (Å²) in [7, 11) is 1.39. The van der Waals surface area contributed by atoms with Crippen molar-refractivity contribution in [1.82, 2.24) is 0 Å². The number of nitro benzene ring substituents is 1. The molecule has 1 aromatic carbocycles. The molecule has 0 amide bonds. The Morgan fingerprint density at radius 1 is 1.56 bits per heavy atom. The first-order valence-electron chi connectivity index (χ1n) is 4.52. The van der Waals surface area contributed by atoms with Crippen LogP contribution in [0.5, 0.6) is 5.75 Å². The highest BCUT2D eigenvalue weighted by Crippen LogP contribution is 2.30. The SMILES string of the molecule is COc1ccc([N+](=O)[O-])cc1C(C)C(=O)O. The van der Waals surface area contributed by atoms with Gasteiger partial charge < -0.3 is 9.84 Å². The van der Waals surface area contributed by atoms with E-state index in [1.54, 1.807) is 0 Å². The van der Waals surface area contributed by atoms with Gasteiger partial charge in [-0.05, 0) is 13.0 Å². The van der Waals surface area contributed by atoms with Gasteiger partial charge in [0.05, 0.1) is 18.0 Å². The van der Waals surface area contributed by atoms with Gasteiger partial charge in [-0.15, -0.1) is 0 Å². The Labute approximate surface area is 91.6 Å². The van der Waals surface area contributed by atoms with Gasteiger partial charge in [0, 0.05) is 17.7 Å². The summed E-state index contributed by atoms with van der Waals surface area (Å²) in [6, 6.07) is 3.89. The van der Waals surface area contributed by atoms with Gasteiger partial charge in [0.15, 0.2) is 0 Å². The molecule has 0 heterocycles. The van der Waals surface area contributed by atoms with Gasteiger partial charge in [0.2, 0.25) is 0 Å². The number of carboxylic acid groups (broad SMARTS) is 1. The van der Waals surface area contributed by atoms with Crippen molar-refractivity contribution in [3.8, 4) is 5.75 Å². The standard InChI is InChI=1S/C10H11NO5/c1-6(10(12)13)8-5-7(11(14)15)3-4-9(8)16-2/h3-6H,1-2H3,(H,12,13). The van der Waals surface area contributed by atoms with E-state index >= 15 is 0 Å². The van der Waals surface area contributed by atoms with Gasteiger partial charge in [0.1, 0.15) is 5.75 Å². The van der Waals surface area contributed by atoms with Crippen LogP contribution in [0.4, 0.5) is 5.69 Å². The van der Waals surface area contributed by atoms with Crippen LogP contribution in [-0.2, 0) is 4.79 Å². The maximum atomic E-state index is 10.8. The molecule has 86 valence electrons. The van der Waals surface area contributed by atoms with Gasteiger partial charge in [-0.25, -0.2) is 0 Å². The molecule has 1 rings (SSSR count). The molecule has 0 aliphatic carbocycles. The topological polar surface area (TPSA) is 89.7 Å². The van der Waals surface area contributed by atoms with Crippen molar-refractivity contribution in [2.24, 2.45) is 0 Å². The van der Waals surface area contributed by atoms with Crippen LogP contribution in [0.15, 0.2) is 18.2 Å². The zero-order chi connectivity index (χ0) is 12.3. The number of rotatable bonds is 4. The Morgan fingerprint density at radius 3 is 2.62 bits per heavy atom. The van der Waals surface area contributed by atoms with E-state index in [-0.39, 0.29) is 5.69 Å². The van der Waals surface area contributed by atoms with E-state index in [2.05, 4.69) is 0 Å². The number of carbonyl (C=O) groups is 1. The van der Waals surface area contributed by atoms with E-state index in [4.69, 9.17) is 9.84 Å². The third-order valence-corrected chi connectivity index (χ3v) is 2.26. The lowest BCUT2D eigenvalue weighted by molar-refractivity contribution is -0.384. The van der Waals surface area contributed by atoms with Crippen molar-refractivity contribution in [2.75, 3.05) is 7.11 Å². The molecule has 0 radical (unpaired) electrons. The molecule has 6 nitrogen and oxygen atoms in total. The summed E-state index contributed by atoms with van der Waals surface area (Å²) in [6.07, 6.45) is 0. The van der Waals surface area contributed by atoms with Crippen LogP contribution in [-0.4, -0.2) is 23.1 Å². The fourth-order valence-electron chi connectivity index (χ4n) is 1.31. The highest BCUT2D eigenvalue weighted by molar-refractivity contribution is 5.77. The highest BCUT2D eigenvalue weighted by atomic mass is 16.6. The number of nitro groups is 1. The molecule has 1 N–H and O–H groups in total. The molecule has 6 heteroatoms. The predicted octanol–water partition coefficient (Wildman–Crippen LogP) is 1.79. The molecule has 1 unspecified atom stereocenters. The number of hydrogen-bond acceptors (Lipinski definition) is 4. The third kappa shape index (κ3) is 2.28. The molecule has 0 aliphatic rings. The minimum Gasteiger partial charge on any atom is -0.496 e. The third-order valence-electron chi connectivity index (χ3n) is 2.26. The zero-order valence-electron chi connectivity index (χ0n) is 8.84. The van der Waals surface area contributed by atoms with Crippen LogP contribution >= 0.6 is 0 Å². The first-order chi connectivity index (χ1) is 7.47. The summed E-state index contributed by atoms with van der Waals surface area (Å²) in [5.74, 6) is -1.57. The van der Waals surface area contributed by atoms with E-state index in [1.807, 2.05) is 0 Å². The lowest BCUT2D eigenvalue weighted by atomic mass is 10.00. The number of methoxy groups -OCH3 is 1. The molecule has 0 aliphatic heterocycles. The average molecular weight is 225 g/mol. The van der Waals surface area contributed by atoms with Crippen LogP contribution in [0.2, 0.25) is 0 Å². The molecule has 0 aromatic heterocycles. The van der Waals surface area contributed by atoms with Gasteiger partial charge in [0.25, 0.3) is 5.69 Å². The number of nitrogens with zero attached hydrogens (tertiary/aromatic N) is 1. The molecule has 0 saturated carbocycles. The Kier molecular flexibility index (Phi) is 3.44. The minimum atomic E-state index is -1.06. The van der Waals surface area contributed by atoms with Crippen LogP contribution < -0.4 is 4.74 Å². The molecule has 0 fully saturated rings. The first kappa shape index (κ1) is 12.0. The van der Waals surface area contributed by atoms with Crippen LogP contribution in [0.1, 0.15) is 18.4 Å². The number of aliphatic carboxylic acids is 1. The van der Waals surface area contributed by atoms with E-state index in [1.165, 1.54) is 32.2 Å². The van der Waals surface area contributed by atoms with Crippen LogP contribution in [0, 0.1) is 10.1 Å². The molecule has 0 spiro atoms. The lowest BCUT2D eigenvalue weighted by Gasteiger charge is -2.11. The fraction of sp³-hybridized carbons (Fsp3) is 0.300. The summed E-state index contributed by atoms with van der Waals surface area (Å²) in [4.78, 5) is 20.8. The minimum absolute atomic E-state index is 0.149. The van der Waals surface area contributed by atoms with E-state index in [9.17, 15) is 14.9 Å². The quantitative estimate of drug-likeness (QED) is 0.623. The Bertz CT molecular complexity index is 429. The second-order valence-corrected chi connectivity index (χ2v) is 3.24. The molecule has 1 atom stereocenters. The van der Waals surface area contributed by atoms with E-state index in [0.29, 0.717) is 11.3 Å². The van der Waals surface area contributed by atoms with Gasteiger partial charge >= 0.3 is 5.97 Å². The highest BCUT2D eigenvalue weighted by Gasteiger charge is 2.21. The lowest BCUT2D eigenvalue weighted by Crippen LogP contribution is -2.09. The zero-order valence-corrected chi connectivity index (χ0v) is 8.84. The summed E-state index contributed by atoms with van der Waals surface area (Å²) in [6.45, 7) is 1.45. The Balaban J connectivity index is 3.27.